The van der Waals surface area contributed by atoms with Crippen LogP contribution in [0.3, 0.4) is 0 Å². The molecule has 0 N–H and O–H groups in total. The maximum absolute atomic E-state index is 2.38. The molecule has 0 spiro atoms. The first-order chi connectivity index (χ1) is 5.20. The van der Waals surface area contributed by atoms with E-state index in [1.807, 2.05) is 0 Å². The topological polar surface area (TPSA) is 0 Å². The van der Waals surface area contributed by atoms with Gasteiger partial charge in [0.25, 0.3) is 0 Å². The van der Waals surface area contributed by atoms with Crippen LogP contribution in [0.5, 0.6) is 0 Å². The SMILES string of the molecule is [BH2][SnH]([CH3])[CH3].[BH2][SnH]([CH3])[CH3].[BH2][SnH]([CH3])[CH3]. The van der Waals surface area contributed by atoms with E-state index in [-0.39, 0.29) is 0 Å². The Morgan fingerprint density at radius 2 is 0.500 bits per heavy atom. The fourth-order valence-corrected chi connectivity index (χ4v) is 0. The Labute approximate surface area is 104 Å². The van der Waals surface area contributed by atoms with Crippen LogP contribution in [0.4, 0.5) is 0 Å². The molecule has 0 aliphatic rings. The van der Waals surface area contributed by atoms with Gasteiger partial charge in [0.1, 0.15) is 0 Å². The second-order valence-electron chi connectivity index (χ2n) is 5.20. The Kier molecular flexibility index (Phi) is 26.8. The van der Waals surface area contributed by atoms with Crippen molar-refractivity contribution >= 4 is 75.8 Å². The molecule has 6 heteroatoms. The summed E-state index contributed by atoms with van der Waals surface area (Å²) in [6.45, 7) is 0. The first kappa shape index (κ1) is 20.1. The molecular weight excluding hydrogens is 461 g/mol. The molecule has 0 atom stereocenters. The van der Waals surface area contributed by atoms with Gasteiger partial charge in [-0.2, -0.15) is 0 Å². The van der Waals surface area contributed by atoms with Gasteiger partial charge in [0.05, 0.1) is 0 Å². The van der Waals surface area contributed by atoms with Gasteiger partial charge in [-0.3, -0.25) is 0 Å². The van der Waals surface area contributed by atoms with E-state index in [0.29, 0.717) is 0 Å². The Morgan fingerprint density at radius 3 is 0.500 bits per heavy atom. The molecule has 0 aliphatic heterocycles. The van der Waals surface area contributed by atoms with Crippen molar-refractivity contribution in [3.63, 3.8) is 0 Å². The summed E-state index contributed by atoms with van der Waals surface area (Å²) in [5, 5.41) is 0. The molecule has 0 bridgehead atoms. The molecule has 0 fully saturated rings. The van der Waals surface area contributed by atoms with Crippen LogP contribution in [-0.2, 0) is 0 Å². The van der Waals surface area contributed by atoms with Crippen molar-refractivity contribution in [2.24, 2.45) is 0 Å². The van der Waals surface area contributed by atoms with Crippen molar-refractivity contribution in [2.75, 3.05) is 0 Å². The molecule has 0 unspecified atom stereocenters. The molecule has 0 saturated carbocycles. The number of rotatable bonds is 0. The van der Waals surface area contributed by atoms with Gasteiger partial charge in [-0.25, -0.2) is 0 Å². The monoisotopic (exact) mass is 492 g/mol. The molecule has 0 rings (SSSR count). The molecular formula is C6H27B3Sn3. The van der Waals surface area contributed by atoms with Gasteiger partial charge in [0.15, 0.2) is 0 Å². The number of hydrogen-bond acceptors (Lipinski definition) is 0. The number of hydrogen-bond donors (Lipinski definition) is 0. The second-order valence-corrected chi connectivity index (χ2v) is 34.9. The first-order valence-corrected chi connectivity index (χ1v) is 34.9. The van der Waals surface area contributed by atoms with Crippen LogP contribution in [0.15, 0.2) is 0 Å². The fraction of sp³-hybridized carbons (Fsp3) is 1.00. The van der Waals surface area contributed by atoms with Crippen LogP contribution in [0.1, 0.15) is 0 Å². The van der Waals surface area contributed by atoms with Crippen LogP contribution in [0.2, 0.25) is 29.6 Å². The molecule has 0 nitrogen and oxygen atoms in total. The third-order valence-electron chi connectivity index (χ3n) is 0. The molecule has 0 aromatic rings. The molecule has 72 valence electrons. The minimum absolute atomic E-state index is 0.637. The van der Waals surface area contributed by atoms with Crippen molar-refractivity contribution < 1.29 is 0 Å². The van der Waals surface area contributed by atoms with Gasteiger partial charge in [0, 0.05) is 0 Å². The standard InChI is InChI=1S/6CH3.3BH2.3Sn.3H/h6*1H3;3*1H2;;;;;;/q;;;;;;3*+1;3*-1;;;. The van der Waals surface area contributed by atoms with E-state index in [2.05, 4.69) is 46.8 Å². The average Bonchev–Trinajstić information content (AvgIpc) is 1.54. The van der Waals surface area contributed by atoms with E-state index in [9.17, 15) is 0 Å². The van der Waals surface area contributed by atoms with E-state index in [1.54, 1.807) is 0 Å². The van der Waals surface area contributed by atoms with Crippen molar-refractivity contribution in [2.45, 2.75) is 29.6 Å². The Balaban J connectivity index is -0.000000101. The van der Waals surface area contributed by atoms with E-state index in [0.717, 1.165) is 0 Å². The zero-order chi connectivity index (χ0) is 10.7. The zero-order valence-electron chi connectivity index (χ0n) is 10.7. The summed E-state index contributed by atoms with van der Waals surface area (Å²) in [5.74, 6) is 0. The van der Waals surface area contributed by atoms with Crippen LogP contribution in [0, 0.1) is 0 Å². The fourth-order valence-electron chi connectivity index (χ4n) is 0. The molecule has 12 heavy (non-hydrogen) atoms. The molecule has 0 heterocycles. The summed E-state index contributed by atoms with van der Waals surface area (Å²) in [5.41, 5.74) is 7.13. The van der Waals surface area contributed by atoms with Crippen molar-refractivity contribution in [3.8, 4) is 0 Å². The Hall–Kier alpha value is 2.59. The molecule has 0 radical (unpaired) electrons. The van der Waals surface area contributed by atoms with Crippen LogP contribution < -0.4 is 0 Å². The summed E-state index contributed by atoms with van der Waals surface area (Å²) < 4.78 is 0. The van der Waals surface area contributed by atoms with E-state index in [1.165, 1.54) is 0 Å². The molecule has 0 aromatic carbocycles. The van der Waals surface area contributed by atoms with Gasteiger partial charge in [-0.1, -0.05) is 0 Å². The molecule has 0 aromatic heterocycles. The Morgan fingerprint density at radius 1 is 0.500 bits per heavy atom. The summed E-state index contributed by atoms with van der Waals surface area (Å²) in [4.78, 5) is 14.3. The van der Waals surface area contributed by atoms with Crippen molar-refractivity contribution in [1.82, 2.24) is 0 Å². The Bertz CT molecular complexity index is 46.5. The van der Waals surface area contributed by atoms with Crippen LogP contribution in [0.25, 0.3) is 0 Å². The van der Waals surface area contributed by atoms with Gasteiger partial charge in [-0.15, -0.1) is 0 Å². The van der Waals surface area contributed by atoms with Crippen molar-refractivity contribution in [3.05, 3.63) is 0 Å². The zero-order valence-corrected chi connectivity index (χ0v) is 20.6. The summed E-state index contributed by atoms with van der Waals surface area (Å²) in [6.07, 6.45) is 0. The molecule has 0 amide bonds. The third-order valence-corrected chi connectivity index (χ3v) is 0. The first-order valence-electron chi connectivity index (χ1n) is 5.20. The predicted octanol–water partition coefficient (Wildman–Crippen LogP) is -1.19. The van der Waals surface area contributed by atoms with E-state index >= 15 is 0 Å². The van der Waals surface area contributed by atoms with Gasteiger partial charge in [0.2, 0.25) is 0 Å². The molecule has 0 saturated heterocycles. The normalized spacial score (nSPS) is 8.75. The average molecular weight is 488 g/mol. The summed E-state index contributed by atoms with van der Waals surface area (Å²) >= 11 is -1.91. The van der Waals surface area contributed by atoms with Gasteiger partial charge < -0.3 is 0 Å². The van der Waals surface area contributed by atoms with Gasteiger partial charge >= 0.3 is 105 Å². The van der Waals surface area contributed by atoms with Crippen molar-refractivity contribution in [1.29, 1.82) is 0 Å². The van der Waals surface area contributed by atoms with E-state index in [4.69, 9.17) is 0 Å². The summed E-state index contributed by atoms with van der Waals surface area (Å²) in [7, 11) is 0. The quantitative estimate of drug-likeness (QED) is 0.377. The van der Waals surface area contributed by atoms with Crippen LogP contribution >= 0.6 is 0 Å². The maximum atomic E-state index is 2.38. The minimum atomic E-state index is -0.637. The third kappa shape index (κ3) is 252. The van der Waals surface area contributed by atoms with E-state index < -0.39 is 58.6 Å². The van der Waals surface area contributed by atoms with Crippen LogP contribution in [-0.4, -0.2) is 75.8 Å². The predicted molar refractivity (Wildman–Crippen MR) is 82.3 cm³/mol. The second kappa shape index (κ2) is 16.0. The molecule has 0 aliphatic carbocycles. The van der Waals surface area contributed by atoms with Gasteiger partial charge in [-0.05, 0) is 0 Å². The summed E-state index contributed by atoms with van der Waals surface area (Å²) in [6, 6.07) is 0.